The van der Waals surface area contributed by atoms with Crippen molar-refractivity contribution in [3.05, 3.63) is 57.8 Å². The van der Waals surface area contributed by atoms with Crippen LogP contribution >= 0.6 is 15.9 Å². The Morgan fingerprint density at radius 1 is 1.23 bits per heavy atom. The molecule has 2 heterocycles. The molecule has 0 unspecified atom stereocenters. The number of phenolic OH excluding ortho intramolecular Hbond substituents is 1. The lowest BCUT2D eigenvalue weighted by Gasteiger charge is -2.02. The molecule has 0 spiro atoms. The highest BCUT2D eigenvalue weighted by atomic mass is 79.9. The van der Waals surface area contributed by atoms with Crippen LogP contribution in [0.1, 0.15) is 17.7 Å². The minimum atomic E-state index is -0.188. The molecule has 3 rings (SSSR count). The number of nitrogens with one attached hydrogen (secondary N) is 2. The third kappa shape index (κ3) is 3.28. The van der Waals surface area contributed by atoms with Gasteiger partial charge in [0.1, 0.15) is 5.75 Å². The number of benzene rings is 1. The summed E-state index contributed by atoms with van der Waals surface area (Å²) in [6.07, 6.45) is 5.01. The van der Waals surface area contributed by atoms with Crippen molar-refractivity contribution in [2.24, 2.45) is 5.10 Å². The Morgan fingerprint density at radius 3 is 2.68 bits per heavy atom. The zero-order valence-electron chi connectivity index (χ0n) is 11.6. The lowest BCUT2D eigenvalue weighted by atomic mass is 10.0. The van der Waals surface area contributed by atoms with E-state index in [0.717, 1.165) is 27.9 Å². The Bertz CT molecular complexity index is 760. The van der Waals surface area contributed by atoms with Gasteiger partial charge in [-0.15, -0.1) is 0 Å². The van der Waals surface area contributed by atoms with Crippen molar-refractivity contribution < 1.29 is 9.90 Å². The first kappa shape index (κ1) is 14.6. The highest BCUT2D eigenvalue weighted by molar-refractivity contribution is 9.10. The number of hydrazone groups is 1. The summed E-state index contributed by atoms with van der Waals surface area (Å²) in [6, 6.07) is 8.94. The number of nitrogens with zero attached hydrogens (tertiary/aromatic N) is 1. The molecule has 1 aliphatic heterocycles. The van der Waals surface area contributed by atoms with E-state index in [2.05, 4.69) is 31.4 Å². The first-order chi connectivity index (χ1) is 10.6. The highest BCUT2D eigenvalue weighted by Crippen LogP contribution is 2.19. The maximum atomic E-state index is 11.9. The fourth-order valence-corrected chi connectivity index (χ4v) is 2.62. The largest absolute Gasteiger partial charge is 0.508 e. The van der Waals surface area contributed by atoms with Crippen molar-refractivity contribution in [1.29, 1.82) is 0 Å². The first-order valence-electron chi connectivity index (χ1n) is 6.82. The summed E-state index contributed by atoms with van der Waals surface area (Å²) in [7, 11) is 0. The second-order valence-corrected chi connectivity index (χ2v) is 5.91. The average molecular weight is 360 g/mol. The second kappa shape index (κ2) is 6.19. The number of carbonyl (C=O) groups excluding carboxylic acids is 1. The third-order valence-electron chi connectivity index (χ3n) is 3.40. The Kier molecular flexibility index (Phi) is 4.11. The summed E-state index contributed by atoms with van der Waals surface area (Å²) in [5.74, 6) is 0.0585. The van der Waals surface area contributed by atoms with E-state index in [1.165, 1.54) is 0 Å². The molecule has 0 fully saturated rings. The monoisotopic (exact) mass is 359 g/mol. The molecule has 1 aromatic heterocycles. The number of H-pyrrole nitrogens is 1. The number of aromatic hydroxyl groups is 1. The van der Waals surface area contributed by atoms with Crippen molar-refractivity contribution in [3.63, 3.8) is 0 Å². The van der Waals surface area contributed by atoms with Crippen LogP contribution in [0.5, 0.6) is 5.75 Å². The molecule has 0 saturated heterocycles. The van der Waals surface area contributed by atoms with Gasteiger partial charge in [0.05, 0.1) is 11.3 Å². The molecule has 112 valence electrons. The predicted molar refractivity (Wildman–Crippen MR) is 88.5 cm³/mol. The normalized spacial score (nSPS) is 16.0. The third-order valence-corrected chi connectivity index (χ3v) is 3.86. The van der Waals surface area contributed by atoms with E-state index in [9.17, 15) is 9.90 Å². The molecule has 22 heavy (non-hydrogen) atoms. The molecular formula is C16H14BrN3O2. The van der Waals surface area contributed by atoms with E-state index in [0.29, 0.717) is 12.0 Å². The molecule has 1 aliphatic rings. The fraction of sp³-hybridized carbons (Fsp3) is 0.125. The number of aromatic nitrogens is 1. The molecule has 0 aliphatic carbocycles. The number of aromatic amines is 1. The lowest BCUT2D eigenvalue weighted by molar-refractivity contribution is -0.116. The van der Waals surface area contributed by atoms with Gasteiger partial charge in [0.15, 0.2) is 0 Å². The van der Waals surface area contributed by atoms with Crippen molar-refractivity contribution in [3.8, 4) is 5.75 Å². The zero-order valence-corrected chi connectivity index (χ0v) is 13.2. The molecule has 2 aromatic rings. The number of carbonyl (C=O) groups is 1. The van der Waals surface area contributed by atoms with Crippen molar-refractivity contribution in [2.75, 3.05) is 0 Å². The van der Waals surface area contributed by atoms with Crippen LogP contribution in [-0.2, 0) is 11.2 Å². The number of hydrogen-bond acceptors (Lipinski definition) is 3. The van der Waals surface area contributed by atoms with Gasteiger partial charge >= 0.3 is 0 Å². The van der Waals surface area contributed by atoms with E-state index in [-0.39, 0.29) is 11.7 Å². The number of rotatable bonds is 4. The Morgan fingerprint density at radius 2 is 2.00 bits per heavy atom. The molecule has 0 radical (unpaired) electrons. The Labute approximate surface area is 135 Å². The Balaban J connectivity index is 1.73. The summed E-state index contributed by atoms with van der Waals surface area (Å²) in [5.41, 5.74) is 5.75. The first-order valence-corrected chi connectivity index (χ1v) is 7.62. The van der Waals surface area contributed by atoms with Crippen LogP contribution in [0.2, 0.25) is 0 Å². The van der Waals surface area contributed by atoms with E-state index < -0.39 is 0 Å². The van der Waals surface area contributed by atoms with Crippen LogP contribution < -0.4 is 5.43 Å². The van der Waals surface area contributed by atoms with Crippen LogP contribution in [0.3, 0.4) is 0 Å². The second-order valence-electron chi connectivity index (χ2n) is 5.00. The molecule has 1 aromatic carbocycles. The Hall–Kier alpha value is -2.34. The van der Waals surface area contributed by atoms with Gasteiger partial charge in [-0.25, -0.2) is 5.43 Å². The molecule has 3 N–H and O–H groups in total. The van der Waals surface area contributed by atoms with Crippen LogP contribution in [0.15, 0.2) is 51.7 Å². The smallest absolute Gasteiger partial charge is 0.273 e. The van der Waals surface area contributed by atoms with E-state index >= 15 is 0 Å². The van der Waals surface area contributed by atoms with Crippen LogP contribution in [0.4, 0.5) is 0 Å². The molecule has 0 bridgehead atoms. The number of hydrogen-bond donors (Lipinski definition) is 3. The summed E-state index contributed by atoms with van der Waals surface area (Å²) in [6.45, 7) is 0. The number of halogens is 1. The van der Waals surface area contributed by atoms with Gasteiger partial charge in [0.2, 0.25) is 0 Å². The van der Waals surface area contributed by atoms with E-state index in [4.69, 9.17) is 0 Å². The summed E-state index contributed by atoms with van der Waals surface area (Å²) < 4.78 is 0.931. The van der Waals surface area contributed by atoms with Crippen molar-refractivity contribution in [1.82, 2.24) is 10.4 Å². The highest BCUT2D eigenvalue weighted by Gasteiger charge is 2.22. The van der Waals surface area contributed by atoms with Gasteiger partial charge in [-0.2, -0.15) is 5.10 Å². The maximum Gasteiger partial charge on any atom is 0.273 e. The standard InChI is InChI=1S/C16H14BrN3O2/c17-11-7-12(18-9-11)8-14-15(19-20-16(14)22)6-3-10-1-4-13(21)5-2-10/h1-2,4-5,7-9,18,21H,3,6H2,(H,20,22)/b14-8+. The molecule has 0 saturated carbocycles. The lowest BCUT2D eigenvalue weighted by Crippen LogP contribution is -2.13. The minimum absolute atomic E-state index is 0.188. The molecule has 0 atom stereocenters. The van der Waals surface area contributed by atoms with Gasteiger partial charge in [-0.1, -0.05) is 12.1 Å². The van der Waals surface area contributed by atoms with Crippen molar-refractivity contribution in [2.45, 2.75) is 12.8 Å². The molecule has 1 amide bonds. The van der Waals surface area contributed by atoms with E-state index in [1.807, 2.05) is 24.4 Å². The van der Waals surface area contributed by atoms with Gasteiger partial charge in [-0.05, 0) is 58.6 Å². The minimum Gasteiger partial charge on any atom is -0.508 e. The van der Waals surface area contributed by atoms with Crippen molar-refractivity contribution >= 4 is 33.6 Å². The fourth-order valence-electron chi connectivity index (χ4n) is 2.26. The van der Waals surface area contributed by atoms with Gasteiger partial charge in [0.25, 0.3) is 5.91 Å². The molecule has 5 nitrogen and oxygen atoms in total. The van der Waals surface area contributed by atoms with Gasteiger partial charge < -0.3 is 10.1 Å². The summed E-state index contributed by atoms with van der Waals surface area (Å²) in [5, 5.41) is 13.4. The SMILES string of the molecule is O=C1NN=C(CCc2ccc(O)cc2)/C1=C\c1cc(Br)c[nH]1. The number of amides is 1. The average Bonchev–Trinajstić information content (AvgIpc) is 3.06. The van der Waals surface area contributed by atoms with Gasteiger partial charge in [0, 0.05) is 16.4 Å². The quantitative estimate of drug-likeness (QED) is 0.733. The predicted octanol–water partition coefficient (Wildman–Crippen LogP) is 2.98. The van der Waals surface area contributed by atoms with Crippen LogP contribution in [0.25, 0.3) is 6.08 Å². The molecule has 6 heteroatoms. The maximum absolute atomic E-state index is 11.9. The van der Waals surface area contributed by atoms with Crippen LogP contribution in [-0.4, -0.2) is 21.7 Å². The van der Waals surface area contributed by atoms with Crippen LogP contribution in [0, 0.1) is 0 Å². The zero-order chi connectivity index (χ0) is 15.5. The van der Waals surface area contributed by atoms with Gasteiger partial charge in [-0.3, -0.25) is 4.79 Å². The topological polar surface area (TPSA) is 77.5 Å². The summed E-state index contributed by atoms with van der Waals surface area (Å²) >= 11 is 3.37. The number of aryl methyl sites for hydroxylation is 1. The molecular weight excluding hydrogens is 346 g/mol. The summed E-state index contributed by atoms with van der Waals surface area (Å²) in [4.78, 5) is 15.0. The number of phenols is 1. The van der Waals surface area contributed by atoms with E-state index in [1.54, 1.807) is 18.2 Å².